The molecule has 0 aliphatic carbocycles. The second-order valence-corrected chi connectivity index (χ2v) is 7.80. The first-order valence-electron chi connectivity index (χ1n) is 9.55. The molecule has 2 N–H and O–H groups in total. The maximum absolute atomic E-state index is 10.3. The number of rotatable bonds is 9. The van der Waals surface area contributed by atoms with Crippen LogP contribution in [0, 0.1) is 6.92 Å². The van der Waals surface area contributed by atoms with Crippen molar-refractivity contribution < 1.29 is 14.6 Å². The molecule has 0 heterocycles. The van der Waals surface area contributed by atoms with E-state index in [0.717, 1.165) is 21.2 Å². The number of ether oxygens (including phenoxy) is 2. The van der Waals surface area contributed by atoms with Gasteiger partial charge in [0.05, 0.1) is 17.7 Å². The highest BCUT2D eigenvalue weighted by molar-refractivity contribution is 9.10. The highest BCUT2D eigenvalue weighted by Gasteiger charge is 2.13. The monoisotopic (exact) mass is 455 g/mol. The summed E-state index contributed by atoms with van der Waals surface area (Å²) in [7, 11) is 1.64. The van der Waals surface area contributed by atoms with E-state index in [4.69, 9.17) is 9.47 Å². The van der Waals surface area contributed by atoms with Crippen LogP contribution in [0.2, 0.25) is 0 Å². The summed E-state index contributed by atoms with van der Waals surface area (Å²) in [6.45, 7) is 3.61. The largest absolute Gasteiger partial charge is 0.493 e. The lowest BCUT2D eigenvalue weighted by Gasteiger charge is -2.16. The zero-order valence-electron chi connectivity index (χ0n) is 16.7. The number of hydrogen-bond donors (Lipinski definition) is 2. The Hall–Kier alpha value is -2.34. The summed E-state index contributed by atoms with van der Waals surface area (Å²) in [5, 5.41) is 13.6. The average molecular weight is 456 g/mol. The Labute approximate surface area is 180 Å². The van der Waals surface area contributed by atoms with Gasteiger partial charge in [0.1, 0.15) is 6.61 Å². The Morgan fingerprint density at radius 1 is 1.00 bits per heavy atom. The third-order valence-corrected chi connectivity index (χ3v) is 5.23. The van der Waals surface area contributed by atoms with Gasteiger partial charge >= 0.3 is 0 Å². The molecular weight excluding hydrogens is 430 g/mol. The summed E-state index contributed by atoms with van der Waals surface area (Å²) in [4.78, 5) is 0. The Bertz CT molecular complexity index is 913. The van der Waals surface area contributed by atoms with E-state index in [1.165, 1.54) is 5.56 Å². The number of benzene rings is 3. The van der Waals surface area contributed by atoms with Crippen LogP contribution in [0.4, 0.5) is 0 Å². The van der Waals surface area contributed by atoms with Crippen LogP contribution in [-0.2, 0) is 13.2 Å². The molecule has 0 saturated heterocycles. The standard InChI is InChI=1S/C24H26BrNO3/c1-17-8-10-18(11-9-17)16-29-24-21(25)12-19(13-23(24)28-2)14-26-15-22(27)20-6-4-3-5-7-20/h3-13,22,26-27H,14-16H2,1-2H3/t22-/m0/s1. The molecule has 29 heavy (non-hydrogen) atoms. The van der Waals surface area contributed by atoms with Gasteiger partial charge in [-0.15, -0.1) is 0 Å². The van der Waals surface area contributed by atoms with E-state index in [0.29, 0.717) is 31.2 Å². The van der Waals surface area contributed by atoms with Gasteiger partial charge in [-0.25, -0.2) is 0 Å². The number of aliphatic hydroxyl groups excluding tert-OH is 1. The normalized spacial score (nSPS) is 11.9. The Morgan fingerprint density at radius 3 is 2.41 bits per heavy atom. The summed E-state index contributed by atoms with van der Waals surface area (Å²) >= 11 is 3.60. The minimum Gasteiger partial charge on any atom is -0.493 e. The first-order chi connectivity index (χ1) is 14.1. The smallest absolute Gasteiger partial charge is 0.175 e. The van der Waals surface area contributed by atoms with Gasteiger partial charge < -0.3 is 19.9 Å². The predicted molar refractivity (Wildman–Crippen MR) is 119 cm³/mol. The number of nitrogens with one attached hydrogen (secondary N) is 1. The Morgan fingerprint density at radius 2 is 1.72 bits per heavy atom. The fraction of sp³-hybridized carbons (Fsp3) is 0.250. The van der Waals surface area contributed by atoms with Gasteiger partial charge in [-0.2, -0.15) is 0 Å². The molecule has 0 bridgehead atoms. The second kappa shape index (κ2) is 10.4. The molecule has 0 fully saturated rings. The molecule has 0 aliphatic rings. The van der Waals surface area contributed by atoms with Crippen LogP contribution >= 0.6 is 15.9 Å². The molecule has 1 atom stereocenters. The maximum atomic E-state index is 10.3. The molecule has 0 unspecified atom stereocenters. The van der Waals surface area contributed by atoms with Crippen molar-refractivity contribution in [2.24, 2.45) is 0 Å². The van der Waals surface area contributed by atoms with Crippen molar-refractivity contribution in [1.82, 2.24) is 5.32 Å². The van der Waals surface area contributed by atoms with Gasteiger partial charge in [0.15, 0.2) is 11.5 Å². The molecule has 0 aliphatic heterocycles. The van der Waals surface area contributed by atoms with Crippen molar-refractivity contribution in [3.8, 4) is 11.5 Å². The molecular formula is C24H26BrNO3. The van der Waals surface area contributed by atoms with E-state index in [9.17, 15) is 5.11 Å². The van der Waals surface area contributed by atoms with Crippen molar-refractivity contribution in [2.45, 2.75) is 26.2 Å². The second-order valence-electron chi connectivity index (χ2n) is 6.94. The molecule has 0 amide bonds. The Balaban J connectivity index is 1.60. The SMILES string of the molecule is COc1cc(CNC[C@H](O)c2ccccc2)cc(Br)c1OCc1ccc(C)cc1. The lowest BCUT2D eigenvalue weighted by molar-refractivity contribution is 0.174. The van der Waals surface area contributed by atoms with Gasteiger partial charge in [0.25, 0.3) is 0 Å². The zero-order chi connectivity index (χ0) is 20.6. The number of halogens is 1. The van der Waals surface area contributed by atoms with Crippen LogP contribution in [0.3, 0.4) is 0 Å². The maximum Gasteiger partial charge on any atom is 0.175 e. The topological polar surface area (TPSA) is 50.7 Å². The molecule has 5 heteroatoms. The van der Waals surface area contributed by atoms with Crippen LogP contribution in [0.5, 0.6) is 11.5 Å². The van der Waals surface area contributed by atoms with Crippen LogP contribution in [0.1, 0.15) is 28.4 Å². The van der Waals surface area contributed by atoms with Crippen LogP contribution in [0.25, 0.3) is 0 Å². The average Bonchev–Trinajstić information content (AvgIpc) is 2.74. The summed E-state index contributed by atoms with van der Waals surface area (Å²) in [6, 6.07) is 21.9. The molecule has 3 rings (SSSR count). The van der Waals surface area contributed by atoms with Crippen molar-refractivity contribution >= 4 is 15.9 Å². The highest BCUT2D eigenvalue weighted by Crippen LogP contribution is 2.37. The first kappa shape index (κ1) is 21.4. The lowest BCUT2D eigenvalue weighted by atomic mass is 10.1. The first-order valence-corrected chi connectivity index (χ1v) is 10.3. The summed E-state index contributed by atoms with van der Waals surface area (Å²) < 4.78 is 12.4. The number of methoxy groups -OCH3 is 1. The van der Waals surface area contributed by atoms with Gasteiger partial charge in [0.2, 0.25) is 0 Å². The fourth-order valence-corrected chi connectivity index (χ4v) is 3.61. The van der Waals surface area contributed by atoms with Gasteiger partial charge in [0, 0.05) is 13.1 Å². The van der Waals surface area contributed by atoms with E-state index in [1.807, 2.05) is 42.5 Å². The predicted octanol–water partition coefficient (Wildman–Crippen LogP) is 5.17. The molecule has 0 radical (unpaired) electrons. The minimum atomic E-state index is -0.543. The lowest BCUT2D eigenvalue weighted by Crippen LogP contribution is -2.21. The van der Waals surface area contributed by atoms with Gasteiger partial charge in [-0.05, 0) is 51.7 Å². The number of aliphatic hydroxyl groups is 1. The van der Waals surface area contributed by atoms with Crippen LogP contribution in [-0.4, -0.2) is 18.8 Å². The molecule has 0 spiro atoms. The number of hydrogen-bond acceptors (Lipinski definition) is 4. The van der Waals surface area contributed by atoms with E-state index >= 15 is 0 Å². The molecule has 152 valence electrons. The molecule has 0 aromatic heterocycles. The summed E-state index contributed by atoms with van der Waals surface area (Å²) in [5.74, 6) is 1.35. The van der Waals surface area contributed by atoms with Gasteiger partial charge in [-0.3, -0.25) is 0 Å². The Kier molecular flexibility index (Phi) is 7.69. The number of aryl methyl sites for hydroxylation is 1. The van der Waals surface area contributed by atoms with E-state index in [2.05, 4.69) is 52.4 Å². The molecule has 4 nitrogen and oxygen atoms in total. The zero-order valence-corrected chi connectivity index (χ0v) is 18.3. The quantitative estimate of drug-likeness (QED) is 0.467. The van der Waals surface area contributed by atoms with Crippen LogP contribution < -0.4 is 14.8 Å². The molecule has 3 aromatic carbocycles. The summed E-state index contributed by atoms with van der Waals surface area (Å²) in [6.07, 6.45) is -0.543. The summed E-state index contributed by atoms with van der Waals surface area (Å²) in [5.41, 5.74) is 4.27. The van der Waals surface area contributed by atoms with Crippen molar-refractivity contribution in [3.05, 3.63) is 93.5 Å². The fourth-order valence-electron chi connectivity index (χ4n) is 3.00. The van der Waals surface area contributed by atoms with Crippen molar-refractivity contribution in [1.29, 1.82) is 0 Å². The third-order valence-electron chi connectivity index (χ3n) is 4.64. The van der Waals surface area contributed by atoms with E-state index in [-0.39, 0.29) is 0 Å². The molecule has 3 aromatic rings. The van der Waals surface area contributed by atoms with Gasteiger partial charge in [-0.1, -0.05) is 60.2 Å². The van der Waals surface area contributed by atoms with Crippen molar-refractivity contribution in [2.75, 3.05) is 13.7 Å². The van der Waals surface area contributed by atoms with E-state index in [1.54, 1.807) is 7.11 Å². The van der Waals surface area contributed by atoms with E-state index < -0.39 is 6.10 Å². The van der Waals surface area contributed by atoms with Crippen LogP contribution in [0.15, 0.2) is 71.2 Å². The molecule has 0 saturated carbocycles. The third kappa shape index (κ3) is 6.07. The van der Waals surface area contributed by atoms with Crippen molar-refractivity contribution in [3.63, 3.8) is 0 Å². The highest BCUT2D eigenvalue weighted by atomic mass is 79.9. The minimum absolute atomic E-state index is 0.468.